The van der Waals surface area contributed by atoms with Gasteiger partial charge in [0.25, 0.3) is 0 Å². The van der Waals surface area contributed by atoms with Crippen LogP contribution in [-0.4, -0.2) is 23.6 Å². The van der Waals surface area contributed by atoms with Crippen LogP contribution in [0.2, 0.25) is 5.28 Å². The molecule has 3 unspecified atom stereocenters. The first-order chi connectivity index (χ1) is 9.70. The van der Waals surface area contributed by atoms with Gasteiger partial charge in [-0.05, 0) is 60.1 Å². The molecule has 0 radical (unpaired) electrons. The van der Waals surface area contributed by atoms with Gasteiger partial charge in [0.15, 0.2) is 0 Å². The van der Waals surface area contributed by atoms with Crippen molar-refractivity contribution in [2.24, 2.45) is 17.8 Å². The molecule has 2 aliphatic carbocycles. The lowest BCUT2D eigenvalue weighted by Crippen LogP contribution is -2.29. The van der Waals surface area contributed by atoms with E-state index < -0.39 is 0 Å². The first-order valence-electron chi connectivity index (χ1n) is 7.32. The van der Waals surface area contributed by atoms with E-state index in [1.54, 1.807) is 11.3 Å². The molecule has 2 saturated carbocycles. The summed E-state index contributed by atoms with van der Waals surface area (Å²) in [6.45, 7) is 1.10. The van der Waals surface area contributed by atoms with Crippen LogP contribution in [0.5, 0.6) is 0 Å². The molecule has 0 spiro atoms. The van der Waals surface area contributed by atoms with Crippen LogP contribution in [0, 0.1) is 17.8 Å². The summed E-state index contributed by atoms with van der Waals surface area (Å²) >= 11 is 7.69. The molecule has 2 aliphatic rings. The number of rotatable bonds is 3. The second-order valence-electron chi connectivity index (χ2n) is 6.27. The van der Waals surface area contributed by atoms with Crippen LogP contribution in [0.3, 0.4) is 0 Å². The second kappa shape index (κ2) is 4.85. The van der Waals surface area contributed by atoms with Gasteiger partial charge in [0.1, 0.15) is 10.6 Å². The molecule has 2 bridgehead atoms. The molecule has 0 aromatic carbocycles. The Bertz CT molecular complexity index is 641. The van der Waals surface area contributed by atoms with Crippen molar-refractivity contribution in [2.75, 3.05) is 18.5 Å². The monoisotopic (exact) mass is 307 g/mol. The summed E-state index contributed by atoms with van der Waals surface area (Å²) in [4.78, 5) is 12.0. The average molecular weight is 308 g/mol. The van der Waals surface area contributed by atoms with Gasteiger partial charge in [-0.3, -0.25) is 0 Å². The van der Waals surface area contributed by atoms with Gasteiger partial charge in [0.05, 0.1) is 5.39 Å². The Morgan fingerprint density at radius 1 is 1.35 bits per heavy atom. The van der Waals surface area contributed by atoms with Crippen molar-refractivity contribution in [1.82, 2.24) is 9.97 Å². The first kappa shape index (κ1) is 12.8. The zero-order valence-electron chi connectivity index (χ0n) is 11.6. The fourth-order valence-corrected chi connectivity index (χ4v) is 5.12. The van der Waals surface area contributed by atoms with Gasteiger partial charge >= 0.3 is 0 Å². The molecule has 3 nitrogen and oxygen atoms in total. The van der Waals surface area contributed by atoms with E-state index in [0.717, 1.165) is 40.3 Å². The van der Waals surface area contributed by atoms with Gasteiger partial charge < -0.3 is 4.90 Å². The number of anilines is 1. The molecule has 20 heavy (non-hydrogen) atoms. The van der Waals surface area contributed by atoms with Gasteiger partial charge in [0.2, 0.25) is 5.28 Å². The lowest BCUT2D eigenvalue weighted by atomic mass is 9.88. The van der Waals surface area contributed by atoms with E-state index >= 15 is 0 Å². The third kappa shape index (κ3) is 2.09. The predicted molar refractivity (Wildman–Crippen MR) is 84.6 cm³/mol. The summed E-state index contributed by atoms with van der Waals surface area (Å²) in [6, 6.07) is 2.10. The Labute approximate surface area is 128 Å². The molecule has 2 aromatic heterocycles. The van der Waals surface area contributed by atoms with Crippen molar-refractivity contribution in [1.29, 1.82) is 0 Å². The van der Waals surface area contributed by atoms with E-state index in [2.05, 4.69) is 33.4 Å². The van der Waals surface area contributed by atoms with Gasteiger partial charge in [-0.25, -0.2) is 4.98 Å². The molecule has 0 N–H and O–H groups in total. The minimum atomic E-state index is 0.356. The highest BCUT2D eigenvalue weighted by molar-refractivity contribution is 7.16. The van der Waals surface area contributed by atoms with Crippen molar-refractivity contribution in [3.8, 4) is 0 Å². The Morgan fingerprint density at radius 3 is 3.00 bits per heavy atom. The summed E-state index contributed by atoms with van der Waals surface area (Å²) in [7, 11) is 2.14. The van der Waals surface area contributed by atoms with Crippen LogP contribution in [0.4, 0.5) is 5.82 Å². The minimum Gasteiger partial charge on any atom is -0.359 e. The fourth-order valence-electron chi connectivity index (χ4n) is 4.14. The minimum absolute atomic E-state index is 0.356. The topological polar surface area (TPSA) is 29.0 Å². The van der Waals surface area contributed by atoms with Gasteiger partial charge in [-0.2, -0.15) is 4.98 Å². The number of nitrogens with zero attached hydrogens (tertiary/aromatic N) is 3. The van der Waals surface area contributed by atoms with Crippen LogP contribution in [0.25, 0.3) is 10.2 Å². The molecule has 4 rings (SSSR count). The number of fused-ring (bicyclic) bond motifs is 3. The SMILES string of the molecule is CN(CC1CC2CCC1C2)c1nc(Cl)nc2sccc12. The highest BCUT2D eigenvalue weighted by atomic mass is 35.5. The molecule has 2 fully saturated rings. The summed E-state index contributed by atoms with van der Waals surface area (Å²) in [5.41, 5.74) is 0. The van der Waals surface area contributed by atoms with E-state index in [0.29, 0.717) is 5.28 Å². The van der Waals surface area contributed by atoms with Crippen LogP contribution >= 0.6 is 22.9 Å². The number of aromatic nitrogens is 2. The second-order valence-corrected chi connectivity index (χ2v) is 7.50. The van der Waals surface area contributed by atoms with Crippen LogP contribution < -0.4 is 4.90 Å². The van der Waals surface area contributed by atoms with Crippen molar-refractivity contribution < 1.29 is 0 Å². The standard InChI is InChI=1S/C15H18ClN3S/c1-19(8-11-7-9-2-3-10(11)6-9)13-12-4-5-20-14(12)18-15(16)17-13/h4-5,9-11H,2-3,6-8H2,1H3. The Kier molecular flexibility index (Phi) is 3.11. The molecular weight excluding hydrogens is 290 g/mol. The van der Waals surface area contributed by atoms with Crippen LogP contribution in [0.15, 0.2) is 11.4 Å². The Balaban J connectivity index is 1.60. The fraction of sp³-hybridized carbons (Fsp3) is 0.600. The summed E-state index contributed by atoms with van der Waals surface area (Å²) < 4.78 is 0. The van der Waals surface area contributed by atoms with Crippen LogP contribution in [-0.2, 0) is 0 Å². The third-order valence-electron chi connectivity index (χ3n) is 5.03. The number of thiophene rings is 1. The normalized spacial score (nSPS) is 28.4. The third-order valence-corrected chi connectivity index (χ3v) is 6.01. The number of halogens is 1. The van der Waals surface area contributed by atoms with Crippen LogP contribution in [0.1, 0.15) is 25.7 Å². The smallest absolute Gasteiger partial charge is 0.225 e. The van der Waals surface area contributed by atoms with E-state index in [9.17, 15) is 0 Å². The summed E-state index contributed by atoms with van der Waals surface area (Å²) in [5, 5.41) is 3.55. The molecule has 5 heteroatoms. The molecule has 0 aliphatic heterocycles. The Hall–Kier alpha value is -0.870. The summed E-state index contributed by atoms with van der Waals surface area (Å²) in [5.74, 6) is 3.76. The van der Waals surface area contributed by atoms with E-state index in [1.165, 1.54) is 25.7 Å². The predicted octanol–water partition coefficient (Wildman–Crippen LogP) is 4.22. The first-order valence-corrected chi connectivity index (χ1v) is 8.58. The maximum absolute atomic E-state index is 6.06. The number of hydrogen-bond donors (Lipinski definition) is 0. The molecular formula is C15H18ClN3S. The highest BCUT2D eigenvalue weighted by Crippen LogP contribution is 2.48. The Morgan fingerprint density at radius 2 is 2.25 bits per heavy atom. The maximum atomic E-state index is 6.06. The molecule has 0 amide bonds. The molecule has 0 saturated heterocycles. The van der Waals surface area contributed by atoms with Crippen molar-refractivity contribution in [3.63, 3.8) is 0 Å². The zero-order valence-corrected chi connectivity index (χ0v) is 13.1. The molecule has 106 valence electrons. The molecule has 3 atom stereocenters. The maximum Gasteiger partial charge on any atom is 0.225 e. The molecule has 2 aromatic rings. The van der Waals surface area contributed by atoms with E-state index in [1.807, 2.05) is 0 Å². The average Bonchev–Trinajstić information content (AvgIpc) is 3.12. The number of hydrogen-bond acceptors (Lipinski definition) is 4. The van der Waals surface area contributed by atoms with Gasteiger partial charge in [-0.15, -0.1) is 11.3 Å². The lowest BCUT2D eigenvalue weighted by molar-refractivity contribution is 0.337. The van der Waals surface area contributed by atoms with Crippen molar-refractivity contribution >= 4 is 39.0 Å². The molecule has 2 heterocycles. The van der Waals surface area contributed by atoms with E-state index in [-0.39, 0.29) is 0 Å². The highest BCUT2D eigenvalue weighted by Gasteiger charge is 2.39. The van der Waals surface area contributed by atoms with Gasteiger partial charge in [-0.1, -0.05) is 6.42 Å². The van der Waals surface area contributed by atoms with Gasteiger partial charge in [0, 0.05) is 13.6 Å². The van der Waals surface area contributed by atoms with Crippen molar-refractivity contribution in [2.45, 2.75) is 25.7 Å². The largest absolute Gasteiger partial charge is 0.359 e. The van der Waals surface area contributed by atoms with Crippen molar-refractivity contribution in [3.05, 3.63) is 16.7 Å². The quantitative estimate of drug-likeness (QED) is 0.795. The lowest BCUT2D eigenvalue weighted by Gasteiger charge is -2.28. The summed E-state index contributed by atoms with van der Waals surface area (Å²) in [6.07, 6.45) is 5.75. The zero-order chi connectivity index (χ0) is 13.7. The van der Waals surface area contributed by atoms with E-state index in [4.69, 9.17) is 11.6 Å².